The van der Waals surface area contributed by atoms with Gasteiger partial charge in [-0.15, -0.1) is 11.8 Å². The second-order valence-electron chi connectivity index (χ2n) is 3.38. The number of ether oxygens (including phenoxy) is 1. The second-order valence-corrected chi connectivity index (χ2v) is 4.34. The molecule has 1 aliphatic rings. The van der Waals surface area contributed by atoms with Crippen molar-refractivity contribution in [2.75, 3.05) is 25.3 Å². The van der Waals surface area contributed by atoms with E-state index in [-0.39, 0.29) is 18.4 Å². The van der Waals surface area contributed by atoms with Crippen molar-refractivity contribution in [3.63, 3.8) is 0 Å². The Morgan fingerprint density at radius 1 is 1.62 bits per heavy atom. The molecule has 0 bridgehead atoms. The molecule has 2 amide bonds. The van der Waals surface area contributed by atoms with Crippen LogP contribution >= 0.6 is 11.8 Å². The Balaban J connectivity index is 2.35. The van der Waals surface area contributed by atoms with E-state index in [1.54, 1.807) is 0 Å². The lowest BCUT2D eigenvalue weighted by atomic mass is 10.3. The largest absolute Gasteiger partial charge is 0.467 e. The van der Waals surface area contributed by atoms with Gasteiger partial charge < -0.3 is 15.0 Å². The van der Waals surface area contributed by atoms with Crippen LogP contribution in [0, 0.1) is 0 Å². The van der Waals surface area contributed by atoms with E-state index in [0.29, 0.717) is 11.6 Å². The summed E-state index contributed by atoms with van der Waals surface area (Å²) in [6.07, 6.45) is 0. The van der Waals surface area contributed by atoms with E-state index in [1.165, 1.54) is 30.7 Å². The highest BCUT2D eigenvalue weighted by atomic mass is 32.2. The van der Waals surface area contributed by atoms with Crippen molar-refractivity contribution in [1.82, 2.24) is 10.2 Å². The van der Waals surface area contributed by atoms with E-state index in [1.807, 2.05) is 0 Å². The summed E-state index contributed by atoms with van der Waals surface area (Å²) in [5.41, 5.74) is 0. The van der Waals surface area contributed by atoms with Crippen LogP contribution in [0.3, 0.4) is 0 Å². The third-order valence-electron chi connectivity index (χ3n) is 2.09. The van der Waals surface area contributed by atoms with Gasteiger partial charge in [-0.25, -0.2) is 4.79 Å². The molecule has 0 radical (unpaired) electrons. The van der Waals surface area contributed by atoms with Gasteiger partial charge in [0.05, 0.1) is 18.7 Å². The fourth-order valence-electron chi connectivity index (χ4n) is 1.24. The number of hydrogen-bond acceptors (Lipinski definition) is 5. The van der Waals surface area contributed by atoms with Crippen molar-refractivity contribution >= 4 is 29.5 Å². The lowest BCUT2D eigenvalue weighted by Crippen LogP contribution is -2.44. The van der Waals surface area contributed by atoms with Crippen LogP contribution in [0.1, 0.15) is 6.92 Å². The first kappa shape index (κ1) is 12.8. The molecule has 0 aliphatic carbocycles. The number of carbonyl (C=O) groups is 3. The summed E-state index contributed by atoms with van der Waals surface area (Å²) in [4.78, 5) is 35.1. The number of hydrogen-bond donors (Lipinski definition) is 1. The Morgan fingerprint density at radius 2 is 2.31 bits per heavy atom. The molecule has 1 saturated heterocycles. The fraction of sp³-hybridized carbons (Fsp3) is 0.667. The summed E-state index contributed by atoms with van der Waals surface area (Å²) in [6, 6.07) is -0.692. The molecule has 6 nitrogen and oxygen atoms in total. The first-order valence-corrected chi connectivity index (χ1v) is 5.92. The van der Waals surface area contributed by atoms with Gasteiger partial charge >= 0.3 is 5.97 Å². The molecule has 0 spiro atoms. The minimum atomic E-state index is -0.692. The average molecular weight is 246 g/mol. The molecular weight excluding hydrogens is 232 g/mol. The zero-order valence-corrected chi connectivity index (χ0v) is 10.0. The smallest absolute Gasteiger partial charge is 0.328 e. The van der Waals surface area contributed by atoms with Gasteiger partial charge in [-0.05, 0) is 6.92 Å². The number of amides is 2. The molecule has 1 fully saturated rings. The summed E-state index contributed by atoms with van der Waals surface area (Å²) < 4.78 is 4.47. The number of nitrogens with zero attached hydrogens (tertiary/aromatic N) is 1. The van der Waals surface area contributed by atoms with E-state index >= 15 is 0 Å². The van der Waals surface area contributed by atoms with Crippen LogP contribution in [0.5, 0.6) is 0 Å². The number of nitrogens with one attached hydrogen (secondary N) is 1. The van der Waals surface area contributed by atoms with Crippen LogP contribution in [0.4, 0.5) is 0 Å². The highest BCUT2D eigenvalue weighted by Gasteiger charge is 2.24. The molecule has 0 aromatic carbocycles. The number of esters is 1. The Kier molecular flexibility index (Phi) is 4.60. The molecule has 7 heteroatoms. The molecule has 1 rings (SSSR count). The van der Waals surface area contributed by atoms with Crippen LogP contribution in [0.25, 0.3) is 0 Å². The zero-order chi connectivity index (χ0) is 12.1. The van der Waals surface area contributed by atoms with Gasteiger partial charge in [0.15, 0.2) is 0 Å². The first-order chi connectivity index (χ1) is 7.54. The van der Waals surface area contributed by atoms with Crippen molar-refractivity contribution in [2.24, 2.45) is 0 Å². The number of thioether (sulfide) groups is 1. The van der Waals surface area contributed by atoms with Crippen LogP contribution in [0.2, 0.25) is 0 Å². The van der Waals surface area contributed by atoms with Crippen molar-refractivity contribution in [3.05, 3.63) is 0 Å². The van der Waals surface area contributed by atoms with Gasteiger partial charge in [-0.2, -0.15) is 0 Å². The van der Waals surface area contributed by atoms with Crippen molar-refractivity contribution in [1.29, 1.82) is 0 Å². The summed E-state index contributed by atoms with van der Waals surface area (Å²) >= 11 is 1.47. The molecule has 0 aromatic rings. The van der Waals surface area contributed by atoms with Gasteiger partial charge in [0.25, 0.3) is 0 Å². The Hall–Kier alpha value is -1.24. The predicted octanol–water partition coefficient (Wildman–Crippen LogP) is -0.803. The molecule has 16 heavy (non-hydrogen) atoms. The third-order valence-corrected chi connectivity index (χ3v) is 3.04. The molecule has 0 saturated carbocycles. The van der Waals surface area contributed by atoms with E-state index in [4.69, 9.17) is 0 Å². The minimum Gasteiger partial charge on any atom is -0.467 e. The summed E-state index contributed by atoms with van der Waals surface area (Å²) in [5.74, 6) is 0.0358. The van der Waals surface area contributed by atoms with Crippen molar-refractivity contribution < 1.29 is 19.1 Å². The number of carbonyl (C=O) groups excluding carboxylic acids is 3. The van der Waals surface area contributed by atoms with E-state index < -0.39 is 12.0 Å². The summed E-state index contributed by atoms with van der Waals surface area (Å²) in [6.45, 7) is 1.53. The Labute approximate surface area is 97.7 Å². The zero-order valence-electron chi connectivity index (χ0n) is 9.19. The fourth-order valence-corrected chi connectivity index (χ4v) is 2.14. The van der Waals surface area contributed by atoms with Gasteiger partial charge in [-0.1, -0.05) is 0 Å². The maximum Gasteiger partial charge on any atom is 0.328 e. The van der Waals surface area contributed by atoms with Crippen LogP contribution in [0.15, 0.2) is 0 Å². The van der Waals surface area contributed by atoms with E-state index in [2.05, 4.69) is 10.1 Å². The maximum absolute atomic E-state index is 11.5. The Morgan fingerprint density at radius 3 is 2.81 bits per heavy atom. The molecule has 1 atom stereocenters. The number of methoxy groups -OCH3 is 1. The standard InChI is InChI=1S/C9H14N2O4S/c1-6(9(14)15-2)10-7(12)3-11-5-16-4-8(11)13/h6H,3-5H2,1-2H3,(H,10,12). The highest BCUT2D eigenvalue weighted by Crippen LogP contribution is 2.13. The van der Waals surface area contributed by atoms with Gasteiger partial charge in [0.2, 0.25) is 11.8 Å². The Bertz CT molecular complexity index is 308. The molecule has 1 unspecified atom stereocenters. The molecule has 1 N–H and O–H groups in total. The molecule has 0 aromatic heterocycles. The lowest BCUT2D eigenvalue weighted by molar-refractivity contribution is -0.144. The van der Waals surface area contributed by atoms with Crippen LogP contribution in [-0.4, -0.2) is 54.0 Å². The normalized spacial score (nSPS) is 17.1. The van der Waals surface area contributed by atoms with Gasteiger partial charge in [0, 0.05) is 0 Å². The van der Waals surface area contributed by atoms with Gasteiger partial charge in [0.1, 0.15) is 12.6 Å². The van der Waals surface area contributed by atoms with E-state index in [9.17, 15) is 14.4 Å². The summed E-state index contributed by atoms with van der Waals surface area (Å²) in [7, 11) is 1.26. The van der Waals surface area contributed by atoms with Gasteiger partial charge in [-0.3, -0.25) is 9.59 Å². The average Bonchev–Trinajstić information content (AvgIpc) is 2.63. The monoisotopic (exact) mass is 246 g/mol. The van der Waals surface area contributed by atoms with E-state index in [0.717, 1.165) is 0 Å². The molecular formula is C9H14N2O4S. The minimum absolute atomic E-state index is 0.00678. The molecule has 1 aliphatic heterocycles. The molecule has 90 valence electrons. The second kappa shape index (κ2) is 5.74. The van der Waals surface area contributed by atoms with Crippen LogP contribution < -0.4 is 5.32 Å². The first-order valence-electron chi connectivity index (χ1n) is 4.77. The SMILES string of the molecule is COC(=O)C(C)NC(=O)CN1CSCC1=O. The number of rotatable bonds is 4. The van der Waals surface area contributed by atoms with Crippen LogP contribution in [-0.2, 0) is 19.1 Å². The molecule has 1 heterocycles. The topological polar surface area (TPSA) is 75.7 Å². The maximum atomic E-state index is 11.5. The van der Waals surface area contributed by atoms with Crippen molar-refractivity contribution in [3.8, 4) is 0 Å². The highest BCUT2D eigenvalue weighted by molar-refractivity contribution is 8.00. The quantitative estimate of drug-likeness (QED) is 0.657. The summed E-state index contributed by atoms with van der Waals surface area (Å²) in [5, 5.41) is 2.46. The van der Waals surface area contributed by atoms with Crippen molar-refractivity contribution in [2.45, 2.75) is 13.0 Å². The lowest BCUT2D eigenvalue weighted by Gasteiger charge is -2.16. The predicted molar refractivity (Wildman–Crippen MR) is 58.7 cm³/mol. The third kappa shape index (κ3) is 3.41.